The summed E-state index contributed by atoms with van der Waals surface area (Å²) in [7, 11) is 0. The first kappa shape index (κ1) is 109. The quantitative estimate of drug-likeness (QED) is 0.0130. The van der Waals surface area contributed by atoms with E-state index in [0.29, 0.717) is 54.8 Å². The number of nitro groups is 2. The van der Waals surface area contributed by atoms with E-state index in [1.807, 2.05) is 0 Å². The van der Waals surface area contributed by atoms with Gasteiger partial charge in [0.25, 0.3) is 11.4 Å². The number of non-ortho nitro benzene ring substituents is 1. The first-order chi connectivity index (χ1) is 62.9. The lowest BCUT2D eigenvalue weighted by Crippen LogP contribution is -2.59. The highest BCUT2D eigenvalue weighted by Crippen LogP contribution is 2.30. The van der Waals surface area contributed by atoms with Crippen LogP contribution in [-0.4, -0.2) is 336 Å². The lowest BCUT2D eigenvalue weighted by Gasteiger charge is -2.37. The summed E-state index contributed by atoms with van der Waals surface area (Å²) in [5.41, 5.74) is -2.14. The van der Waals surface area contributed by atoms with Crippen molar-refractivity contribution in [3.63, 3.8) is 0 Å². The lowest BCUT2D eigenvalue weighted by molar-refractivity contribution is -0.393. The fourth-order valence-corrected chi connectivity index (χ4v) is 16.0. The summed E-state index contributed by atoms with van der Waals surface area (Å²) in [4.78, 5) is 86.9. The van der Waals surface area contributed by atoms with Crippen LogP contribution in [0.5, 0.6) is 0 Å². The van der Waals surface area contributed by atoms with E-state index in [-0.39, 0.29) is 162 Å². The number of nitro benzene ring substituents is 2. The number of ether oxygens (including phenoxy) is 12. The summed E-state index contributed by atoms with van der Waals surface area (Å²) in [6.45, 7) is 3.97. The summed E-state index contributed by atoms with van der Waals surface area (Å²) < 4.78 is 82.1. The summed E-state index contributed by atoms with van der Waals surface area (Å²) in [5.74, 6) is -1.18. The molecule has 0 unspecified atom stereocenters. The van der Waals surface area contributed by atoms with E-state index in [1.165, 1.54) is 31.1 Å². The fraction of sp³-hybridized carbons (Fsp3) is 0.810. The van der Waals surface area contributed by atoms with Crippen LogP contribution in [0.15, 0.2) is 37.2 Å². The number of benzene rings is 1. The molecule has 12 atom stereocenters. The van der Waals surface area contributed by atoms with Crippen LogP contribution in [0.4, 0.5) is 32.5 Å². The van der Waals surface area contributed by atoms with Crippen LogP contribution in [0.3, 0.4) is 0 Å². The smallest absolute Gasteiger partial charge is 0.299 e. The van der Waals surface area contributed by atoms with Crippen molar-refractivity contribution in [2.24, 2.45) is 0 Å². The molecule has 0 bridgehead atoms. The minimum Gasteiger partial charge on any atom is -0.388 e. The van der Waals surface area contributed by atoms with E-state index in [1.54, 1.807) is 0 Å². The number of unbranched alkanes of at least 4 members (excludes halogenated alkanes) is 24. The third kappa shape index (κ3) is 46.5. The van der Waals surface area contributed by atoms with Gasteiger partial charge in [-0.1, -0.05) is 135 Å². The zero-order chi connectivity index (χ0) is 92.0. The van der Waals surface area contributed by atoms with E-state index in [2.05, 4.69) is 70.6 Å². The van der Waals surface area contributed by atoms with Crippen molar-refractivity contribution in [3.8, 4) is 0 Å². The number of amides is 4. The van der Waals surface area contributed by atoms with Crippen LogP contribution in [0.1, 0.15) is 193 Å². The standard InChI is InChI=1S/C84H142N16O26S3/c101-71(86-33-22-16-10-4-1-7-13-19-25-37-117-52-68-78(108)75(105)64(49-124-68)95-81-89-59-92-127-81)30-40-121-56-84(98-74(104)55-120-47-46-116-45-44-115-43-36-85-63-29-28-62(99(111)112)48-67(63)100(113)114,57-122-41-31-72(102)87-34-23-17-11-5-2-8-14-20-26-38-118-53-69-79(109)76(106)65(50-125-69)96-82-90-60-93-128-82)58-123-42-32-73(103)88-35-24-18-12-6-3-9-15-21-27-39-119-54-70-80(110)77(107)66(51-126-70)97-83-91-61-94-129-83/h28-29,48,59-61,64-66,68-70,75-80,85,105-110H,1-27,30-47,49-58H2,(H,86,101)(H,87,102)(H,88,103)(H,98,104)(H,89,92,95)(H,90,93,96)(H,91,94,97)/t64-,65-,66-,68-,69-,70-,75-,76-,77-,78+,79+,80+/m1/s1. The first-order valence-corrected chi connectivity index (χ1v) is 48.2. The Morgan fingerprint density at radius 3 is 1.05 bits per heavy atom. The average molecular weight is 1890 g/mol. The first-order valence-electron chi connectivity index (χ1n) is 45.9. The fourth-order valence-electron chi connectivity index (χ4n) is 14.6. The van der Waals surface area contributed by atoms with Gasteiger partial charge in [-0.15, -0.1) is 0 Å². The Morgan fingerprint density at radius 2 is 0.721 bits per heavy atom. The predicted molar refractivity (Wildman–Crippen MR) is 481 cm³/mol. The van der Waals surface area contributed by atoms with E-state index in [0.717, 1.165) is 214 Å². The van der Waals surface area contributed by atoms with Crippen molar-refractivity contribution >= 4 is 90.7 Å². The van der Waals surface area contributed by atoms with Gasteiger partial charge in [-0.25, -0.2) is 15.0 Å². The highest BCUT2D eigenvalue weighted by Gasteiger charge is 2.42. The molecule has 14 N–H and O–H groups in total. The van der Waals surface area contributed by atoms with E-state index in [9.17, 15) is 70.0 Å². The van der Waals surface area contributed by atoms with Crippen LogP contribution < -0.4 is 42.5 Å². The molecule has 0 aliphatic carbocycles. The molecule has 4 aromatic rings. The van der Waals surface area contributed by atoms with E-state index in [4.69, 9.17) is 56.8 Å². The van der Waals surface area contributed by atoms with Gasteiger partial charge < -0.3 is 130 Å². The van der Waals surface area contributed by atoms with Crippen molar-refractivity contribution in [1.29, 1.82) is 0 Å². The molecule has 6 heterocycles. The number of aliphatic hydroxyl groups is 6. The second-order valence-corrected chi connectivity index (χ2v) is 34.9. The molecule has 0 saturated carbocycles. The largest absolute Gasteiger partial charge is 0.388 e. The third-order valence-corrected chi connectivity index (χ3v) is 23.8. The molecule has 3 aliphatic rings. The minimum atomic E-state index is -1.39. The highest BCUT2D eigenvalue weighted by molar-refractivity contribution is 7.10. The summed E-state index contributed by atoms with van der Waals surface area (Å²) >= 11 is 3.48. The van der Waals surface area contributed by atoms with Crippen LogP contribution in [0.2, 0.25) is 0 Å². The Balaban J connectivity index is 0.791. The molecule has 3 saturated heterocycles. The Hall–Kier alpha value is -6.94. The molecule has 45 heteroatoms. The molecule has 0 radical (unpaired) electrons. The Morgan fingerprint density at radius 1 is 0.388 bits per heavy atom. The zero-order valence-electron chi connectivity index (χ0n) is 74.4. The molecule has 1 aromatic carbocycles. The van der Waals surface area contributed by atoms with Crippen molar-refractivity contribution in [2.45, 2.75) is 271 Å². The zero-order valence-corrected chi connectivity index (χ0v) is 76.9. The van der Waals surface area contributed by atoms with Gasteiger partial charge >= 0.3 is 0 Å². The maximum Gasteiger partial charge on any atom is 0.299 e. The van der Waals surface area contributed by atoms with Crippen molar-refractivity contribution in [3.05, 3.63) is 57.4 Å². The summed E-state index contributed by atoms with van der Waals surface area (Å²) in [5, 5.41) is 112. The van der Waals surface area contributed by atoms with Gasteiger partial charge in [0.1, 0.15) is 91.8 Å². The monoisotopic (exact) mass is 1890 g/mol. The molecular formula is C84H142N16O26S3. The SMILES string of the molecule is O=C(CCOCC(COCCC(=O)NCCCCCCCCCCCOC[C@H]1OC[C@@H](Nc2ncns2)[C@@H](O)[C@H]1O)(COCCC(=O)NCCCCCCCCCCCOC[C@H]1OC[C@@H](Nc2ncns2)[C@@H](O)[C@H]1O)NC(=O)COCCOCCOCCNc1ccc([N+](=O)[O-])cc1[N+](=O)[O-])NCCCCCCCCCCCOC[C@H]1OC[C@@H](Nc2ncns2)[C@@H](O)[C@H]1O. The van der Waals surface area contributed by atoms with Crippen LogP contribution in [0.25, 0.3) is 0 Å². The number of hydrogen-bond donors (Lipinski definition) is 14. The van der Waals surface area contributed by atoms with Crippen molar-refractivity contribution in [2.75, 3.05) is 186 Å². The van der Waals surface area contributed by atoms with Gasteiger partial charge in [-0.2, -0.15) is 13.1 Å². The number of aromatic nitrogens is 6. The number of aliphatic hydroxyl groups excluding tert-OH is 6. The van der Waals surface area contributed by atoms with Crippen LogP contribution in [-0.2, 0) is 76.0 Å². The van der Waals surface area contributed by atoms with Crippen LogP contribution >= 0.6 is 34.6 Å². The molecule has 7 rings (SSSR count). The van der Waals surface area contributed by atoms with Gasteiger partial charge in [-0.3, -0.25) is 39.4 Å². The minimum absolute atomic E-state index is 0.0140. The molecule has 4 amide bonds. The van der Waals surface area contributed by atoms with Crippen LogP contribution in [0, 0.1) is 20.2 Å². The highest BCUT2D eigenvalue weighted by atomic mass is 32.1. The van der Waals surface area contributed by atoms with Gasteiger partial charge in [-0.05, 0) is 44.6 Å². The number of nitrogens with one attached hydrogen (secondary N) is 8. The molecular weight excluding hydrogens is 1750 g/mol. The van der Waals surface area contributed by atoms with Gasteiger partial charge in [0, 0.05) is 106 Å². The molecule has 42 nitrogen and oxygen atoms in total. The van der Waals surface area contributed by atoms with E-state index >= 15 is 0 Å². The molecule has 3 fully saturated rings. The van der Waals surface area contributed by atoms with Gasteiger partial charge in [0.05, 0.1) is 146 Å². The number of nitrogens with zero attached hydrogens (tertiary/aromatic N) is 8. The molecule has 129 heavy (non-hydrogen) atoms. The maximum absolute atomic E-state index is 13.9. The topological polar surface area (TPSA) is 560 Å². The second kappa shape index (κ2) is 67.3. The van der Waals surface area contributed by atoms with E-state index < -0.39 is 112 Å². The number of anilines is 4. The Kier molecular flexibility index (Phi) is 56.9. The second-order valence-electron chi connectivity index (χ2n) is 32.5. The lowest BCUT2D eigenvalue weighted by atomic mass is 9.98. The van der Waals surface area contributed by atoms with Gasteiger partial charge in [0.15, 0.2) is 0 Å². The normalized spacial score (nSPS) is 20.6. The predicted octanol–water partition coefficient (Wildman–Crippen LogP) is 6.33. The number of hydrogen-bond acceptors (Lipinski definition) is 39. The molecule has 3 aromatic heterocycles. The third-order valence-electron chi connectivity index (χ3n) is 22.0. The molecule has 732 valence electrons. The summed E-state index contributed by atoms with van der Waals surface area (Å²) in [6.07, 6.45) is 23.1. The molecule has 0 spiro atoms. The van der Waals surface area contributed by atoms with Crippen molar-refractivity contribution in [1.82, 2.24) is 49.3 Å². The Bertz CT molecular complexity index is 3320. The Labute approximate surface area is 767 Å². The summed E-state index contributed by atoms with van der Waals surface area (Å²) in [6, 6.07) is 1.80. The number of carbonyl (C=O) groups is 4. The number of carbonyl (C=O) groups excluding carboxylic acids is 4. The van der Waals surface area contributed by atoms with Gasteiger partial charge in [0.2, 0.25) is 39.0 Å². The van der Waals surface area contributed by atoms with Crippen molar-refractivity contribution < 1.29 is 117 Å². The average Bonchev–Trinajstić information content (AvgIpc) is 1.50. The maximum atomic E-state index is 13.9. The number of rotatable bonds is 78. The molecule has 3 aliphatic heterocycles.